The maximum atomic E-state index is 9.86. The van der Waals surface area contributed by atoms with Crippen molar-refractivity contribution in [1.82, 2.24) is 15.5 Å². The summed E-state index contributed by atoms with van der Waals surface area (Å²) in [6, 6.07) is 0. The van der Waals surface area contributed by atoms with Crippen molar-refractivity contribution in [3.8, 4) is 0 Å². The predicted octanol–water partition coefficient (Wildman–Crippen LogP) is -1.59. The fourth-order valence-corrected chi connectivity index (χ4v) is 0.740. The molecule has 0 aliphatic rings. The second-order valence-electron chi connectivity index (χ2n) is 2.45. The largest absolute Gasteiger partial charge is 0.357 e. The summed E-state index contributed by atoms with van der Waals surface area (Å²) in [6.45, 7) is 2.86. The van der Waals surface area contributed by atoms with Crippen LogP contribution in [0.4, 0.5) is 0 Å². The van der Waals surface area contributed by atoms with E-state index in [1.165, 1.54) is 0 Å². The Morgan fingerprint density at radius 3 is 1.83 bits per heavy atom. The molecule has 0 spiro atoms. The molecule has 0 aliphatic carbocycles. The zero-order valence-electron chi connectivity index (χ0n) is 7.25. The molecule has 0 fully saturated rings. The molecule has 0 bridgehead atoms. The Balaban J connectivity index is 3.14. The van der Waals surface area contributed by atoms with E-state index in [4.69, 9.17) is 0 Å². The standard InChI is InChI=1S/C7H15N3O2/c1-10(4-2-8-6-11)5-3-9-7-12/h6-7H,2-5H2,1H3,(H,8,11)(H,9,12). The van der Waals surface area contributed by atoms with Gasteiger partial charge in [0.2, 0.25) is 12.8 Å². The van der Waals surface area contributed by atoms with Gasteiger partial charge in [0.1, 0.15) is 0 Å². The van der Waals surface area contributed by atoms with E-state index in [0.717, 1.165) is 13.1 Å². The molecule has 0 aromatic carbocycles. The van der Waals surface area contributed by atoms with Crippen molar-refractivity contribution in [2.24, 2.45) is 0 Å². The summed E-state index contributed by atoms with van der Waals surface area (Å²) in [5, 5.41) is 5.11. The molecule has 0 aliphatic heterocycles. The minimum atomic E-state index is 0.640. The number of rotatable bonds is 8. The lowest BCUT2D eigenvalue weighted by atomic mass is 10.5. The zero-order chi connectivity index (χ0) is 9.23. The van der Waals surface area contributed by atoms with Crippen LogP contribution in [0.15, 0.2) is 0 Å². The normalized spacial score (nSPS) is 9.50. The van der Waals surface area contributed by atoms with Gasteiger partial charge in [-0.25, -0.2) is 0 Å². The van der Waals surface area contributed by atoms with E-state index in [-0.39, 0.29) is 0 Å². The molecule has 2 N–H and O–H groups in total. The fourth-order valence-electron chi connectivity index (χ4n) is 0.740. The van der Waals surface area contributed by atoms with Crippen molar-refractivity contribution in [3.05, 3.63) is 0 Å². The molecule has 5 heteroatoms. The summed E-state index contributed by atoms with van der Waals surface area (Å²) < 4.78 is 0. The number of nitrogens with one attached hydrogen (secondary N) is 2. The molecule has 0 saturated carbocycles. The van der Waals surface area contributed by atoms with E-state index >= 15 is 0 Å². The van der Waals surface area contributed by atoms with E-state index in [1.807, 2.05) is 11.9 Å². The van der Waals surface area contributed by atoms with Crippen molar-refractivity contribution in [3.63, 3.8) is 0 Å². The monoisotopic (exact) mass is 173 g/mol. The Kier molecular flexibility index (Phi) is 7.27. The first-order valence-corrected chi connectivity index (χ1v) is 3.84. The van der Waals surface area contributed by atoms with E-state index in [9.17, 15) is 9.59 Å². The first-order valence-electron chi connectivity index (χ1n) is 3.84. The summed E-state index contributed by atoms with van der Waals surface area (Å²) in [5.41, 5.74) is 0. The summed E-state index contributed by atoms with van der Waals surface area (Å²) in [4.78, 5) is 21.7. The third kappa shape index (κ3) is 7.01. The van der Waals surface area contributed by atoms with Crippen LogP contribution in [0.3, 0.4) is 0 Å². The van der Waals surface area contributed by atoms with Gasteiger partial charge in [0, 0.05) is 26.2 Å². The highest BCUT2D eigenvalue weighted by Gasteiger charge is 1.95. The van der Waals surface area contributed by atoms with Crippen LogP contribution in [-0.2, 0) is 9.59 Å². The predicted molar refractivity (Wildman–Crippen MR) is 45.6 cm³/mol. The molecule has 0 saturated heterocycles. The first kappa shape index (κ1) is 10.9. The molecule has 70 valence electrons. The molecule has 0 unspecified atom stereocenters. The number of likely N-dealkylation sites (N-methyl/N-ethyl adjacent to an activating group) is 1. The van der Waals surface area contributed by atoms with Crippen LogP contribution in [0.2, 0.25) is 0 Å². The maximum absolute atomic E-state index is 9.86. The van der Waals surface area contributed by atoms with Crippen LogP contribution in [-0.4, -0.2) is 50.9 Å². The Morgan fingerprint density at radius 1 is 1.08 bits per heavy atom. The number of carbonyl (C=O) groups excluding carboxylic acids is 2. The van der Waals surface area contributed by atoms with Crippen LogP contribution in [0.5, 0.6) is 0 Å². The highest BCUT2D eigenvalue weighted by Crippen LogP contribution is 1.77. The summed E-state index contributed by atoms with van der Waals surface area (Å²) >= 11 is 0. The molecule has 0 atom stereocenters. The molecule has 2 amide bonds. The minimum Gasteiger partial charge on any atom is -0.357 e. The van der Waals surface area contributed by atoms with Crippen LogP contribution < -0.4 is 10.6 Å². The molecule has 0 aromatic rings. The summed E-state index contributed by atoms with van der Waals surface area (Å²) in [5.74, 6) is 0. The second-order valence-corrected chi connectivity index (χ2v) is 2.45. The highest BCUT2D eigenvalue weighted by molar-refractivity contribution is 5.46. The third-order valence-electron chi connectivity index (χ3n) is 1.44. The number of nitrogens with zero attached hydrogens (tertiary/aromatic N) is 1. The quantitative estimate of drug-likeness (QED) is 0.343. The lowest BCUT2D eigenvalue weighted by Crippen LogP contribution is -2.33. The average Bonchev–Trinajstić information content (AvgIpc) is 2.06. The van der Waals surface area contributed by atoms with Crippen molar-refractivity contribution in [2.75, 3.05) is 33.2 Å². The van der Waals surface area contributed by atoms with Gasteiger partial charge in [-0.3, -0.25) is 9.59 Å². The molecule has 0 heterocycles. The van der Waals surface area contributed by atoms with Crippen LogP contribution in [0.1, 0.15) is 0 Å². The Morgan fingerprint density at radius 2 is 1.50 bits per heavy atom. The van der Waals surface area contributed by atoms with Crippen LogP contribution in [0.25, 0.3) is 0 Å². The topological polar surface area (TPSA) is 61.4 Å². The molecular formula is C7H15N3O2. The maximum Gasteiger partial charge on any atom is 0.207 e. The van der Waals surface area contributed by atoms with Gasteiger partial charge < -0.3 is 15.5 Å². The van der Waals surface area contributed by atoms with Crippen molar-refractivity contribution in [2.45, 2.75) is 0 Å². The van der Waals surface area contributed by atoms with Crippen molar-refractivity contribution >= 4 is 12.8 Å². The lowest BCUT2D eigenvalue weighted by molar-refractivity contribution is -0.110. The van der Waals surface area contributed by atoms with Crippen molar-refractivity contribution in [1.29, 1.82) is 0 Å². The molecule has 5 nitrogen and oxygen atoms in total. The molecule has 0 radical (unpaired) electrons. The number of carbonyl (C=O) groups is 2. The van der Waals surface area contributed by atoms with Crippen molar-refractivity contribution < 1.29 is 9.59 Å². The van der Waals surface area contributed by atoms with Gasteiger partial charge in [-0.05, 0) is 7.05 Å². The van der Waals surface area contributed by atoms with E-state index in [2.05, 4.69) is 10.6 Å². The van der Waals surface area contributed by atoms with E-state index < -0.39 is 0 Å². The van der Waals surface area contributed by atoms with Gasteiger partial charge in [0.25, 0.3) is 0 Å². The Bertz CT molecular complexity index is 116. The Labute approximate surface area is 72.1 Å². The summed E-state index contributed by atoms with van der Waals surface area (Å²) in [6.07, 6.45) is 1.36. The minimum absolute atomic E-state index is 0.640. The molecule has 12 heavy (non-hydrogen) atoms. The first-order chi connectivity index (χ1) is 5.81. The number of amides is 2. The van der Waals surface area contributed by atoms with Crippen LogP contribution >= 0.6 is 0 Å². The van der Waals surface area contributed by atoms with Gasteiger partial charge in [-0.15, -0.1) is 0 Å². The van der Waals surface area contributed by atoms with Gasteiger partial charge >= 0.3 is 0 Å². The Hall–Kier alpha value is -1.10. The molecular weight excluding hydrogens is 158 g/mol. The highest BCUT2D eigenvalue weighted by atomic mass is 16.1. The van der Waals surface area contributed by atoms with Gasteiger partial charge in [-0.2, -0.15) is 0 Å². The van der Waals surface area contributed by atoms with Crippen LogP contribution in [0, 0.1) is 0 Å². The third-order valence-corrected chi connectivity index (χ3v) is 1.44. The smallest absolute Gasteiger partial charge is 0.207 e. The van der Waals surface area contributed by atoms with E-state index in [1.54, 1.807) is 0 Å². The average molecular weight is 173 g/mol. The van der Waals surface area contributed by atoms with Gasteiger partial charge in [0.15, 0.2) is 0 Å². The lowest BCUT2D eigenvalue weighted by Gasteiger charge is -2.15. The second kappa shape index (κ2) is 8.00. The molecule has 0 rings (SSSR count). The number of hydrogen-bond acceptors (Lipinski definition) is 3. The van der Waals surface area contributed by atoms with E-state index in [0.29, 0.717) is 25.9 Å². The number of hydrogen-bond donors (Lipinski definition) is 2. The van der Waals surface area contributed by atoms with Gasteiger partial charge in [-0.1, -0.05) is 0 Å². The fraction of sp³-hybridized carbons (Fsp3) is 0.714. The molecule has 0 aromatic heterocycles. The summed E-state index contributed by atoms with van der Waals surface area (Å²) in [7, 11) is 1.93. The zero-order valence-corrected chi connectivity index (χ0v) is 7.25. The SMILES string of the molecule is CN(CCNC=O)CCNC=O. The van der Waals surface area contributed by atoms with Gasteiger partial charge in [0.05, 0.1) is 0 Å².